The van der Waals surface area contributed by atoms with E-state index < -0.39 is 6.04 Å². The van der Waals surface area contributed by atoms with E-state index in [9.17, 15) is 9.59 Å². The second-order valence-electron chi connectivity index (χ2n) is 7.06. The van der Waals surface area contributed by atoms with Crippen LogP contribution in [0.4, 0.5) is 0 Å². The van der Waals surface area contributed by atoms with Crippen LogP contribution in [-0.4, -0.2) is 57.9 Å². The molecule has 0 bridgehead atoms. The molecule has 1 atom stereocenters. The van der Waals surface area contributed by atoms with Crippen LogP contribution >= 0.6 is 0 Å². The van der Waals surface area contributed by atoms with E-state index in [1.54, 1.807) is 19.6 Å². The molecule has 2 aromatic heterocycles. The number of nitrogens with zero attached hydrogens (tertiary/aromatic N) is 4. The normalized spacial score (nSPS) is 17.9. The first-order valence-electron chi connectivity index (χ1n) is 9.03. The van der Waals surface area contributed by atoms with Gasteiger partial charge in [0.15, 0.2) is 5.82 Å². The predicted molar refractivity (Wildman–Crippen MR) is 95.4 cm³/mol. The molecule has 9 nitrogen and oxygen atoms in total. The van der Waals surface area contributed by atoms with Crippen LogP contribution in [0, 0.1) is 0 Å². The van der Waals surface area contributed by atoms with Crippen molar-refractivity contribution in [2.75, 3.05) is 20.1 Å². The monoisotopic (exact) mass is 375 g/mol. The lowest BCUT2D eigenvalue weighted by molar-refractivity contribution is -0.138. The van der Waals surface area contributed by atoms with Gasteiger partial charge in [0.25, 0.3) is 0 Å². The minimum absolute atomic E-state index is 0.0887. The highest BCUT2D eigenvalue weighted by Crippen LogP contribution is 2.16. The van der Waals surface area contributed by atoms with E-state index >= 15 is 0 Å². The molecule has 3 rings (SSSR count). The van der Waals surface area contributed by atoms with Gasteiger partial charge in [-0.25, -0.2) is 0 Å². The zero-order valence-corrected chi connectivity index (χ0v) is 15.8. The molecule has 0 unspecified atom stereocenters. The van der Waals surface area contributed by atoms with Gasteiger partial charge in [-0.3, -0.25) is 14.5 Å². The molecule has 27 heavy (non-hydrogen) atoms. The molecule has 2 amide bonds. The highest BCUT2D eigenvalue weighted by molar-refractivity contribution is 5.88. The number of rotatable bonds is 7. The molecule has 146 valence electrons. The van der Waals surface area contributed by atoms with E-state index in [2.05, 4.69) is 15.5 Å². The average Bonchev–Trinajstić information content (AvgIpc) is 3.29. The van der Waals surface area contributed by atoms with E-state index in [4.69, 9.17) is 8.94 Å². The van der Waals surface area contributed by atoms with Crippen LogP contribution in [0.1, 0.15) is 43.5 Å². The first kappa shape index (κ1) is 19.1. The molecular formula is C18H25N5O4. The first-order valence-corrected chi connectivity index (χ1v) is 9.03. The number of amides is 2. The number of aromatic nitrogens is 2. The third kappa shape index (κ3) is 4.73. The van der Waals surface area contributed by atoms with Crippen LogP contribution in [0.15, 0.2) is 27.5 Å². The van der Waals surface area contributed by atoms with Gasteiger partial charge >= 0.3 is 0 Å². The van der Waals surface area contributed by atoms with E-state index in [-0.39, 0.29) is 30.7 Å². The molecule has 3 heterocycles. The highest BCUT2D eigenvalue weighted by atomic mass is 16.5. The summed E-state index contributed by atoms with van der Waals surface area (Å²) in [4.78, 5) is 32.8. The highest BCUT2D eigenvalue weighted by Gasteiger charge is 2.32. The van der Waals surface area contributed by atoms with E-state index in [1.165, 1.54) is 4.90 Å². The lowest BCUT2D eigenvalue weighted by Gasteiger charge is -2.35. The van der Waals surface area contributed by atoms with Crippen LogP contribution in [0.25, 0.3) is 0 Å². The maximum atomic E-state index is 12.7. The quantitative estimate of drug-likeness (QED) is 0.773. The number of hydrogen-bond acceptors (Lipinski definition) is 7. The largest absolute Gasteiger partial charge is 0.472 e. The van der Waals surface area contributed by atoms with Crippen molar-refractivity contribution >= 4 is 11.8 Å². The molecule has 0 aromatic carbocycles. The third-order valence-electron chi connectivity index (χ3n) is 4.57. The molecule has 1 N–H and O–H groups in total. The maximum absolute atomic E-state index is 12.7. The summed E-state index contributed by atoms with van der Waals surface area (Å²) in [6.45, 7) is 5.97. The van der Waals surface area contributed by atoms with Gasteiger partial charge in [0.2, 0.25) is 17.7 Å². The summed E-state index contributed by atoms with van der Waals surface area (Å²) in [6.07, 6.45) is 3.34. The Morgan fingerprint density at radius 1 is 1.48 bits per heavy atom. The molecule has 1 fully saturated rings. The summed E-state index contributed by atoms with van der Waals surface area (Å²) in [7, 11) is 1.67. The summed E-state index contributed by atoms with van der Waals surface area (Å²) in [5.41, 5.74) is 0.975. The minimum atomic E-state index is -0.516. The molecule has 1 saturated heterocycles. The van der Waals surface area contributed by atoms with Gasteiger partial charge in [0.05, 0.1) is 31.5 Å². The number of carbonyl (C=O) groups is 2. The molecule has 1 aliphatic heterocycles. The van der Waals surface area contributed by atoms with Gasteiger partial charge in [-0.2, -0.15) is 4.98 Å². The smallest absolute Gasteiger partial charge is 0.246 e. The van der Waals surface area contributed by atoms with Crippen molar-refractivity contribution in [2.45, 2.75) is 45.3 Å². The Labute approximate surface area is 157 Å². The summed E-state index contributed by atoms with van der Waals surface area (Å²) < 4.78 is 10.3. The third-order valence-corrected chi connectivity index (χ3v) is 4.57. The lowest BCUT2D eigenvalue weighted by Crippen LogP contribution is -2.56. The van der Waals surface area contributed by atoms with Gasteiger partial charge in [0, 0.05) is 38.2 Å². The Hall–Kier alpha value is -2.68. The van der Waals surface area contributed by atoms with E-state index in [1.807, 2.05) is 24.8 Å². The van der Waals surface area contributed by atoms with Crippen LogP contribution in [-0.2, 0) is 22.7 Å². The molecule has 0 aliphatic carbocycles. The standard InChI is InChI=1S/C18H25N5O4/c1-12(2)17-20-15(27-21-17)10-22(3)16(24)8-14-18(25)19-5-6-23(14)9-13-4-7-26-11-13/h4,7,11-12,14H,5-6,8-10H2,1-3H3,(H,19,25)/t14-/m1/s1. The Morgan fingerprint density at radius 2 is 2.30 bits per heavy atom. The Kier molecular flexibility index (Phi) is 5.90. The van der Waals surface area contributed by atoms with Crippen molar-refractivity contribution in [3.8, 4) is 0 Å². The van der Waals surface area contributed by atoms with Crippen molar-refractivity contribution in [2.24, 2.45) is 0 Å². The maximum Gasteiger partial charge on any atom is 0.246 e. The molecule has 9 heteroatoms. The SMILES string of the molecule is CC(C)c1noc(CN(C)C(=O)C[C@@H]2C(=O)NCCN2Cc2ccoc2)n1. The molecule has 2 aromatic rings. The lowest BCUT2D eigenvalue weighted by atomic mass is 10.1. The van der Waals surface area contributed by atoms with Gasteiger partial charge in [-0.05, 0) is 6.07 Å². The van der Waals surface area contributed by atoms with E-state index in [0.717, 1.165) is 5.56 Å². The summed E-state index contributed by atoms with van der Waals surface area (Å²) in [6, 6.07) is 1.34. The van der Waals surface area contributed by atoms with Crippen molar-refractivity contribution in [1.29, 1.82) is 0 Å². The van der Waals surface area contributed by atoms with Crippen molar-refractivity contribution in [1.82, 2.24) is 25.3 Å². The van der Waals surface area contributed by atoms with Gasteiger partial charge < -0.3 is 19.2 Å². The fraction of sp³-hybridized carbons (Fsp3) is 0.556. The predicted octanol–water partition coefficient (Wildman–Crippen LogP) is 1.14. The second kappa shape index (κ2) is 8.34. The number of carbonyl (C=O) groups excluding carboxylic acids is 2. The van der Waals surface area contributed by atoms with E-state index in [0.29, 0.717) is 31.3 Å². The van der Waals surface area contributed by atoms with Crippen LogP contribution in [0.5, 0.6) is 0 Å². The fourth-order valence-electron chi connectivity index (χ4n) is 2.97. The zero-order chi connectivity index (χ0) is 19.4. The minimum Gasteiger partial charge on any atom is -0.472 e. The van der Waals surface area contributed by atoms with Crippen molar-refractivity contribution in [3.63, 3.8) is 0 Å². The Morgan fingerprint density at radius 3 is 2.96 bits per heavy atom. The summed E-state index contributed by atoms with van der Waals surface area (Å²) in [5.74, 6) is 0.873. The molecule has 0 radical (unpaired) electrons. The number of nitrogens with one attached hydrogen (secondary N) is 1. The first-order chi connectivity index (χ1) is 12.9. The van der Waals surface area contributed by atoms with Gasteiger partial charge in [-0.15, -0.1) is 0 Å². The van der Waals surface area contributed by atoms with Crippen LogP contribution in [0.3, 0.4) is 0 Å². The molecule has 1 aliphatic rings. The average molecular weight is 375 g/mol. The van der Waals surface area contributed by atoms with Crippen molar-refractivity contribution in [3.05, 3.63) is 35.9 Å². The number of piperazine rings is 1. The van der Waals surface area contributed by atoms with Gasteiger partial charge in [0.1, 0.15) is 0 Å². The summed E-state index contributed by atoms with van der Waals surface area (Å²) >= 11 is 0. The molecule has 0 saturated carbocycles. The Balaban J connectivity index is 1.61. The number of furan rings is 1. The van der Waals surface area contributed by atoms with Crippen LogP contribution < -0.4 is 5.32 Å². The molecular weight excluding hydrogens is 350 g/mol. The fourth-order valence-corrected chi connectivity index (χ4v) is 2.97. The summed E-state index contributed by atoms with van der Waals surface area (Å²) in [5, 5.41) is 6.74. The van der Waals surface area contributed by atoms with Crippen LogP contribution in [0.2, 0.25) is 0 Å². The van der Waals surface area contributed by atoms with Gasteiger partial charge in [-0.1, -0.05) is 19.0 Å². The molecule has 0 spiro atoms. The topological polar surface area (TPSA) is 105 Å². The zero-order valence-electron chi connectivity index (χ0n) is 15.8. The van der Waals surface area contributed by atoms with Crippen molar-refractivity contribution < 1.29 is 18.5 Å². The second-order valence-corrected chi connectivity index (χ2v) is 7.06. The number of hydrogen-bond donors (Lipinski definition) is 1. The Bertz CT molecular complexity index is 771.